The highest BCUT2D eigenvalue weighted by atomic mass is 35.5. The maximum Gasteiger partial charge on any atom is 0.336 e. The molecule has 0 aromatic heterocycles. The average molecular weight is 406 g/mol. The summed E-state index contributed by atoms with van der Waals surface area (Å²) in [7, 11) is 0. The minimum absolute atomic E-state index is 0.0524. The molecule has 0 aliphatic heterocycles. The van der Waals surface area contributed by atoms with E-state index < -0.39 is 11.9 Å². The number of carbonyl (C=O) groups excluding carboxylic acids is 2. The van der Waals surface area contributed by atoms with Crippen LogP contribution in [0.15, 0.2) is 48.6 Å². The molecule has 124 valence electrons. The van der Waals surface area contributed by atoms with Crippen LogP contribution in [0.25, 0.3) is 0 Å². The second kappa shape index (κ2) is 8.40. The first kappa shape index (κ1) is 18.6. The van der Waals surface area contributed by atoms with Crippen molar-refractivity contribution >= 4 is 58.3 Å². The molecule has 0 bridgehead atoms. The zero-order chi connectivity index (χ0) is 17.7. The molecule has 0 radical (unpaired) electrons. The summed E-state index contributed by atoms with van der Waals surface area (Å²) in [5, 5.41) is 0.938. The third-order valence-electron chi connectivity index (χ3n) is 2.55. The van der Waals surface area contributed by atoms with Crippen molar-refractivity contribution in [3.05, 3.63) is 68.6 Å². The Morgan fingerprint density at radius 2 is 1.25 bits per heavy atom. The summed E-state index contributed by atoms with van der Waals surface area (Å²) in [5.41, 5.74) is 0. The molecule has 2 aromatic carbocycles. The van der Waals surface area contributed by atoms with Gasteiger partial charge in [0.2, 0.25) is 0 Å². The van der Waals surface area contributed by atoms with E-state index in [1.165, 1.54) is 24.3 Å². The summed E-state index contributed by atoms with van der Waals surface area (Å²) in [6, 6.07) is 8.89. The number of halogens is 4. The molecule has 0 spiro atoms. The number of hydrogen-bond acceptors (Lipinski definition) is 4. The van der Waals surface area contributed by atoms with Crippen molar-refractivity contribution < 1.29 is 19.1 Å². The first-order valence-electron chi connectivity index (χ1n) is 6.37. The quantitative estimate of drug-likeness (QED) is 0.390. The Labute approximate surface area is 157 Å². The molecule has 0 atom stereocenters. The fraction of sp³-hybridized carbons (Fsp3) is 0. The highest BCUT2D eigenvalue weighted by Gasteiger charge is 2.12. The Morgan fingerprint density at radius 1 is 0.750 bits per heavy atom. The molecule has 2 aromatic rings. The summed E-state index contributed by atoms with van der Waals surface area (Å²) in [4.78, 5) is 23.3. The Kier molecular flexibility index (Phi) is 6.52. The van der Waals surface area contributed by atoms with Crippen LogP contribution in [-0.4, -0.2) is 11.9 Å². The van der Waals surface area contributed by atoms with Crippen LogP contribution in [0.3, 0.4) is 0 Å². The van der Waals surface area contributed by atoms with Gasteiger partial charge in [0.15, 0.2) is 5.75 Å². The molecule has 0 fully saturated rings. The second-order valence-electron chi connectivity index (χ2n) is 4.33. The minimum Gasteiger partial charge on any atom is -0.423 e. The molecular weight excluding hydrogens is 398 g/mol. The maximum absolute atomic E-state index is 11.7. The average Bonchev–Trinajstić information content (AvgIpc) is 2.51. The lowest BCUT2D eigenvalue weighted by Gasteiger charge is -2.06. The Morgan fingerprint density at radius 3 is 1.79 bits per heavy atom. The van der Waals surface area contributed by atoms with Gasteiger partial charge in [0.25, 0.3) is 0 Å². The molecule has 24 heavy (non-hydrogen) atoms. The first-order chi connectivity index (χ1) is 11.3. The topological polar surface area (TPSA) is 52.6 Å². The van der Waals surface area contributed by atoms with Gasteiger partial charge in [-0.15, -0.1) is 0 Å². The van der Waals surface area contributed by atoms with Gasteiger partial charge < -0.3 is 9.47 Å². The van der Waals surface area contributed by atoms with Crippen LogP contribution >= 0.6 is 46.4 Å². The summed E-state index contributed by atoms with van der Waals surface area (Å²) < 4.78 is 9.95. The number of hydrogen-bond donors (Lipinski definition) is 0. The third kappa shape index (κ3) is 5.42. The molecule has 0 aliphatic carbocycles. The monoisotopic (exact) mass is 404 g/mol. The molecule has 4 nitrogen and oxygen atoms in total. The summed E-state index contributed by atoms with van der Waals surface area (Å²) >= 11 is 23.3. The van der Waals surface area contributed by atoms with Crippen LogP contribution < -0.4 is 9.47 Å². The van der Waals surface area contributed by atoms with Gasteiger partial charge >= 0.3 is 11.9 Å². The van der Waals surface area contributed by atoms with E-state index in [0.717, 1.165) is 12.2 Å². The predicted molar refractivity (Wildman–Crippen MR) is 93.3 cm³/mol. The molecule has 0 amide bonds. The zero-order valence-corrected chi connectivity index (χ0v) is 14.8. The maximum atomic E-state index is 11.7. The van der Waals surface area contributed by atoms with Gasteiger partial charge in [-0.2, -0.15) is 0 Å². The van der Waals surface area contributed by atoms with E-state index in [9.17, 15) is 9.59 Å². The van der Waals surface area contributed by atoms with E-state index in [4.69, 9.17) is 55.9 Å². The van der Waals surface area contributed by atoms with Crippen LogP contribution in [0, 0.1) is 0 Å². The van der Waals surface area contributed by atoms with Crippen LogP contribution in [0.1, 0.15) is 0 Å². The lowest BCUT2D eigenvalue weighted by molar-refractivity contribution is -0.131. The molecule has 0 aliphatic rings. The van der Waals surface area contributed by atoms with Crippen LogP contribution in [0.5, 0.6) is 11.5 Å². The lowest BCUT2D eigenvalue weighted by Crippen LogP contribution is -2.08. The van der Waals surface area contributed by atoms with E-state index >= 15 is 0 Å². The van der Waals surface area contributed by atoms with Crippen molar-refractivity contribution in [1.29, 1.82) is 0 Å². The van der Waals surface area contributed by atoms with Gasteiger partial charge in [-0.05, 0) is 36.4 Å². The van der Waals surface area contributed by atoms with Crippen molar-refractivity contribution in [1.82, 2.24) is 0 Å². The Hall–Kier alpha value is -1.72. The number of esters is 2. The molecule has 0 unspecified atom stereocenters. The SMILES string of the molecule is O=C(/C=C/C(=O)Oc1c(Cl)cc(Cl)cc1Cl)Oc1ccc(Cl)cc1. The van der Waals surface area contributed by atoms with Gasteiger partial charge in [0.1, 0.15) is 5.75 Å². The number of ether oxygens (including phenoxy) is 2. The highest BCUT2D eigenvalue weighted by molar-refractivity contribution is 6.40. The number of carbonyl (C=O) groups is 2. The Bertz CT molecular complexity index is 777. The Balaban J connectivity index is 1.98. The van der Waals surface area contributed by atoms with Crippen LogP contribution in [0.4, 0.5) is 0 Å². The van der Waals surface area contributed by atoms with Gasteiger partial charge in [0, 0.05) is 22.2 Å². The lowest BCUT2D eigenvalue weighted by atomic mass is 10.3. The van der Waals surface area contributed by atoms with Crippen molar-refractivity contribution in [3.8, 4) is 11.5 Å². The normalized spacial score (nSPS) is 10.7. The number of benzene rings is 2. The molecular formula is C16H8Cl4O4. The minimum atomic E-state index is -0.853. The van der Waals surface area contributed by atoms with Crippen LogP contribution in [-0.2, 0) is 9.59 Å². The standard InChI is InChI=1S/C16H8Cl4O4/c17-9-1-3-11(4-2-9)23-14(21)5-6-15(22)24-16-12(19)7-10(18)8-13(16)20/h1-8H/b6-5+. The highest BCUT2D eigenvalue weighted by Crippen LogP contribution is 2.35. The molecule has 0 heterocycles. The van der Waals surface area contributed by atoms with Crippen molar-refractivity contribution in [3.63, 3.8) is 0 Å². The first-order valence-corrected chi connectivity index (χ1v) is 7.88. The summed E-state index contributed by atoms with van der Waals surface area (Å²) in [6.45, 7) is 0. The fourth-order valence-electron chi connectivity index (χ4n) is 1.55. The molecule has 0 saturated heterocycles. The van der Waals surface area contributed by atoms with E-state index in [1.807, 2.05) is 0 Å². The predicted octanol–water partition coefficient (Wildman–Crippen LogP) is 5.37. The van der Waals surface area contributed by atoms with E-state index in [1.54, 1.807) is 12.1 Å². The van der Waals surface area contributed by atoms with Crippen LogP contribution in [0.2, 0.25) is 20.1 Å². The van der Waals surface area contributed by atoms with Crippen molar-refractivity contribution in [2.75, 3.05) is 0 Å². The molecule has 8 heteroatoms. The fourth-order valence-corrected chi connectivity index (χ4v) is 2.57. The van der Waals surface area contributed by atoms with E-state index in [2.05, 4.69) is 0 Å². The largest absolute Gasteiger partial charge is 0.423 e. The molecule has 0 saturated carbocycles. The van der Waals surface area contributed by atoms with Gasteiger partial charge in [-0.25, -0.2) is 9.59 Å². The molecule has 2 rings (SSSR count). The van der Waals surface area contributed by atoms with Crippen molar-refractivity contribution in [2.24, 2.45) is 0 Å². The van der Waals surface area contributed by atoms with Crippen molar-refractivity contribution in [2.45, 2.75) is 0 Å². The molecule has 0 N–H and O–H groups in total. The number of rotatable bonds is 4. The van der Waals surface area contributed by atoms with E-state index in [0.29, 0.717) is 10.0 Å². The smallest absolute Gasteiger partial charge is 0.336 e. The summed E-state index contributed by atoms with van der Waals surface area (Å²) in [5.74, 6) is -1.38. The van der Waals surface area contributed by atoms with Gasteiger partial charge in [-0.1, -0.05) is 46.4 Å². The van der Waals surface area contributed by atoms with Gasteiger partial charge in [0.05, 0.1) is 10.0 Å². The third-order valence-corrected chi connectivity index (χ3v) is 3.58. The second-order valence-corrected chi connectivity index (χ2v) is 6.02. The summed E-state index contributed by atoms with van der Waals surface area (Å²) in [6.07, 6.45) is 1.80. The van der Waals surface area contributed by atoms with Gasteiger partial charge in [-0.3, -0.25) is 0 Å². The zero-order valence-electron chi connectivity index (χ0n) is 11.8. The van der Waals surface area contributed by atoms with E-state index in [-0.39, 0.29) is 21.5 Å².